The highest BCUT2D eigenvalue weighted by Gasteiger charge is 2.29. The molecule has 0 radical (unpaired) electrons. The van der Waals surface area contributed by atoms with E-state index in [9.17, 15) is 10.5 Å². The van der Waals surface area contributed by atoms with Gasteiger partial charge in [0.25, 0.3) is 0 Å². The first-order chi connectivity index (χ1) is 25.9. The second-order valence-corrected chi connectivity index (χ2v) is 13.6. The predicted molar refractivity (Wildman–Crippen MR) is 217 cm³/mol. The van der Waals surface area contributed by atoms with Gasteiger partial charge in [0, 0.05) is 21.9 Å². The molecule has 8 rings (SSSR count). The smallest absolute Gasteiger partial charge is 0.220 e. The monoisotopic (exact) mass is 678 g/mol. The van der Waals surface area contributed by atoms with Crippen LogP contribution in [0.2, 0.25) is 0 Å². The Morgan fingerprint density at radius 3 is 1.32 bits per heavy atom. The normalized spacial score (nSPS) is 11.0. The van der Waals surface area contributed by atoms with E-state index in [-0.39, 0.29) is 11.3 Å². The zero-order valence-corrected chi connectivity index (χ0v) is 30.0. The van der Waals surface area contributed by atoms with Gasteiger partial charge < -0.3 is 4.57 Å². The van der Waals surface area contributed by atoms with E-state index in [2.05, 4.69) is 122 Å². The molecule has 0 atom stereocenters. The Labute approximate surface area is 309 Å². The van der Waals surface area contributed by atoms with Crippen molar-refractivity contribution in [1.29, 1.82) is 10.5 Å². The highest BCUT2D eigenvalue weighted by Crippen LogP contribution is 2.49. The standard InChI is InChI=1S/C49H34N4/c1-30-14-12-15-31(2)44(30)36-22-24-42-38(26-36)39-27-37(45-32(3)16-13-17-33(45)4)23-25-43(39)53(42)49-41(29-51)46(34-18-8-6-9-19-34)40(28-50)47(48(49)52-5)35-20-10-7-11-21-35/h6-27H,1-4H3. The van der Waals surface area contributed by atoms with Gasteiger partial charge in [-0.15, -0.1) is 0 Å². The molecule has 0 unspecified atom stereocenters. The summed E-state index contributed by atoms with van der Waals surface area (Å²) in [5.41, 5.74) is 15.0. The quantitative estimate of drug-likeness (QED) is 0.170. The van der Waals surface area contributed by atoms with Crippen LogP contribution in [0.5, 0.6) is 0 Å². The van der Waals surface area contributed by atoms with Crippen LogP contribution in [0.25, 0.3) is 76.8 Å². The van der Waals surface area contributed by atoms with Crippen LogP contribution in [-0.2, 0) is 0 Å². The molecule has 1 heterocycles. The molecule has 4 heteroatoms. The molecule has 0 saturated heterocycles. The fourth-order valence-electron chi connectivity index (χ4n) is 8.16. The summed E-state index contributed by atoms with van der Waals surface area (Å²) >= 11 is 0. The molecule has 0 aliphatic heterocycles. The molecule has 1 aromatic heterocycles. The van der Waals surface area contributed by atoms with Crippen LogP contribution in [0.4, 0.5) is 5.69 Å². The second kappa shape index (κ2) is 13.2. The number of rotatable bonds is 5. The third kappa shape index (κ3) is 5.27. The van der Waals surface area contributed by atoms with Crippen LogP contribution in [0.15, 0.2) is 133 Å². The van der Waals surface area contributed by atoms with E-state index in [0.717, 1.165) is 44.1 Å². The van der Waals surface area contributed by atoms with E-state index in [1.54, 1.807) is 0 Å². The maximum Gasteiger partial charge on any atom is 0.220 e. The summed E-state index contributed by atoms with van der Waals surface area (Å²) in [5.74, 6) is 0. The highest BCUT2D eigenvalue weighted by atomic mass is 15.0. The van der Waals surface area contributed by atoms with Crippen molar-refractivity contribution in [3.05, 3.63) is 178 Å². The van der Waals surface area contributed by atoms with Gasteiger partial charge in [-0.05, 0) is 108 Å². The van der Waals surface area contributed by atoms with Gasteiger partial charge in [0.15, 0.2) is 0 Å². The molecule has 0 amide bonds. The van der Waals surface area contributed by atoms with Crippen molar-refractivity contribution < 1.29 is 0 Å². The number of fused-ring (bicyclic) bond motifs is 3. The van der Waals surface area contributed by atoms with Gasteiger partial charge in [0.05, 0.1) is 40.5 Å². The predicted octanol–water partition coefficient (Wildman–Crippen LogP) is 13.0. The van der Waals surface area contributed by atoms with Crippen LogP contribution < -0.4 is 0 Å². The Balaban J connectivity index is 1.58. The first kappa shape index (κ1) is 33.0. The number of aromatic nitrogens is 1. The van der Waals surface area contributed by atoms with Crippen molar-refractivity contribution in [3.8, 4) is 62.3 Å². The topological polar surface area (TPSA) is 56.9 Å². The van der Waals surface area contributed by atoms with Crippen LogP contribution in [-0.4, -0.2) is 4.57 Å². The lowest BCUT2D eigenvalue weighted by Crippen LogP contribution is -2.05. The summed E-state index contributed by atoms with van der Waals surface area (Å²) in [4.78, 5) is 4.17. The number of aryl methyl sites for hydroxylation is 4. The van der Waals surface area contributed by atoms with Gasteiger partial charge in [0.1, 0.15) is 6.07 Å². The second-order valence-electron chi connectivity index (χ2n) is 13.6. The van der Waals surface area contributed by atoms with Crippen molar-refractivity contribution >= 4 is 27.5 Å². The maximum atomic E-state index is 11.1. The first-order valence-corrected chi connectivity index (χ1v) is 17.6. The van der Waals surface area contributed by atoms with Gasteiger partial charge in [-0.3, -0.25) is 0 Å². The Morgan fingerprint density at radius 1 is 0.472 bits per heavy atom. The minimum absolute atomic E-state index is 0.264. The van der Waals surface area contributed by atoms with Crippen molar-refractivity contribution in [2.75, 3.05) is 0 Å². The highest BCUT2D eigenvalue weighted by molar-refractivity contribution is 6.13. The van der Waals surface area contributed by atoms with Crippen LogP contribution in [0.3, 0.4) is 0 Å². The number of nitriles is 2. The van der Waals surface area contributed by atoms with Crippen molar-refractivity contribution in [2.45, 2.75) is 27.7 Å². The number of nitrogens with zero attached hydrogens (tertiary/aromatic N) is 4. The average Bonchev–Trinajstić information content (AvgIpc) is 3.49. The number of hydrogen-bond donors (Lipinski definition) is 0. The van der Waals surface area contributed by atoms with E-state index >= 15 is 0 Å². The lowest BCUT2D eigenvalue weighted by atomic mass is 9.86. The fourth-order valence-corrected chi connectivity index (χ4v) is 8.16. The molecule has 0 bridgehead atoms. The zero-order chi connectivity index (χ0) is 36.8. The van der Waals surface area contributed by atoms with E-state index in [4.69, 9.17) is 6.57 Å². The molecule has 0 N–H and O–H groups in total. The molecule has 4 nitrogen and oxygen atoms in total. The SMILES string of the molecule is [C-]#[N+]c1c(-c2ccccc2)c(C#N)c(-c2ccccc2)c(C#N)c1-n1c2ccc(-c3c(C)cccc3C)cc2c2cc(-c3c(C)cccc3C)ccc21. The first-order valence-electron chi connectivity index (χ1n) is 17.6. The van der Waals surface area contributed by atoms with Crippen LogP contribution >= 0.6 is 0 Å². The molecule has 0 fully saturated rings. The minimum Gasteiger partial charge on any atom is -0.318 e. The van der Waals surface area contributed by atoms with E-state index in [0.29, 0.717) is 22.4 Å². The lowest BCUT2D eigenvalue weighted by molar-refractivity contribution is 1.17. The molecular formula is C49H34N4. The molecular weight excluding hydrogens is 645 g/mol. The molecule has 0 aliphatic rings. The molecule has 8 aromatic rings. The van der Waals surface area contributed by atoms with Gasteiger partial charge >= 0.3 is 0 Å². The van der Waals surface area contributed by atoms with Gasteiger partial charge in [0.2, 0.25) is 5.69 Å². The Kier molecular flexibility index (Phi) is 8.20. The lowest BCUT2D eigenvalue weighted by Gasteiger charge is -2.21. The number of hydrogen-bond acceptors (Lipinski definition) is 2. The molecule has 0 aliphatic carbocycles. The zero-order valence-electron chi connectivity index (χ0n) is 30.0. The molecule has 0 saturated carbocycles. The third-order valence-electron chi connectivity index (χ3n) is 10.4. The molecule has 53 heavy (non-hydrogen) atoms. The van der Waals surface area contributed by atoms with Gasteiger partial charge in [-0.1, -0.05) is 109 Å². The largest absolute Gasteiger partial charge is 0.318 e. The van der Waals surface area contributed by atoms with Gasteiger partial charge in [-0.2, -0.15) is 10.5 Å². The molecule has 0 spiro atoms. The van der Waals surface area contributed by atoms with Crippen LogP contribution in [0, 0.1) is 56.9 Å². The fraction of sp³-hybridized carbons (Fsp3) is 0.0816. The summed E-state index contributed by atoms with van der Waals surface area (Å²) in [6, 6.07) is 49.9. The Bertz CT molecular complexity index is 2660. The summed E-state index contributed by atoms with van der Waals surface area (Å²) < 4.78 is 2.08. The van der Waals surface area contributed by atoms with E-state index < -0.39 is 0 Å². The summed E-state index contributed by atoms with van der Waals surface area (Å²) in [6.07, 6.45) is 0. The summed E-state index contributed by atoms with van der Waals surface area (Å²) in [6.45, 7) is 17.3. The minimum atomic E-state index is 0.264. The summed E-state index contributed by atoms with van der Waals surface area (Å²) in [7, 11) is 0. The summed E-state index contributed by atoms with van der Waals surface area (Å²) in [5, 5.41) is 24.0. The van der Waals surface area contributed by atoms with E-state index in [1.807, 2.05) is 60.7 Å². The average molecular weight is 679 g/mol. The number of benzene rings is 7. The van der Waals surface area contributed by atoms with Gasteiger partial charge in [-0.25, -0.2) is 4.85 Å². The van der Waals surface area contributed by atoms with Crippen molar-refractivity contribution in [1.82, 2.24) is 4.57 Å². The third-order valence-corrected chi connectivity index (χ3v) is 10.4. The maximum absolute atomic E-state index is 11.1. The Morgan fingerprint density at radius 2 is 0.906 bits per heavy atom. The van der Waals surface area contributed by atoms with E-state index in [1.165, 1.54) is 33.4 Å². The molecule has 7 aromatic carbocycles. The van der Waals surface area contributed by atoms with Crippen LogP contribution in [0.1, 0.15) is 33.4 Å². The van der Waals surface area contributed by atoms with Crippen molar-refractivity contribution in [2.24, 2.45) is 0 Å². The van der Waals surface area contributed by atoms with Crippen molar-refractivity contribution in [3.63, 3.8) is 0 Å². The molecule has 250 valence electrons. The Hall–Kier alpha value is -7.19.